The molecule has 0 bridgehead atoms. The van der Waals surface area contributed by atoms with Crippen molar-refractivity contribution in [2.75, 3.05) is 12.8 Å². The second-order valence-electron chi connectivity index (χ2n) is 4.21. The molecule has 0 saturated heterocycles. The van der Waals surface area contributed by atoms with Gasteiger partial charge in [0.25, 0.3) is 6.43 Å². The number of rotatable bonds is 3. The summed E-state index contributed by atoms with van der Waals surface area (Å²) in [6, 6.07) is 2.15. The smallest absolute Gasteiger partial charge is 0.358 e. The van der Waals surface area contributed by atoms with Crippen LogP contribution in [0.15, 0.2) is 12.1 Å². The van der Waals surface area contributed by atoms with Crippen LogP contribution < -0.4 is 5.73 Å². The molecule has 2 aromatic rings. The van der Waals surface area contributed by atoms with Gasteiger partial charge in [-0.3, -0.25) is 0 Å². The van der Waals surface area contributed by atoms with Crippen LogP contribution in [0.2, 0.25) is 10.0 Å². The summed E-state index contributed by atoms with van der Waals surface area (Å²) in [5, 5.41) is -0.736. The molecule has 0 fully saturated rings. The van der Waals surface area contributed by atoms with Gasteiger partial charge in [0.2, 0.25) is 0 Å². The van der Waals surface area contributed by atoms with E-state index >= 15 is 0 Å². The molecule has 1 aromatic heterocycles. The summed E-state index contributed by atoms with van der Waals surface area (Å²) in [7, 11) is 1.08. The summed E-state index contributed by atoms with van der Waals surface area (Å²) in [5.74, 6) is -2.98. The molecule has 0 aliphatic heterocycles. The molecule has 0 spiro atoms. The van der Waals surface area contributed by atoms with E-state index in [0.29, 0.717) is 0 Å². The van der Waals surface area contributed by atoms with Crippen LogP contribution in [0.5, 0.6) is 0 Å². The van der Waals surface area contributed by atoms with Crippen LogP contribution in [0.4, 0.5) is 19.0 Å². The van der Waals surface area contributed by atoms with E-state index in [-0.39, 0.29) is 10.8 Å². The van der Waals surface area contributed by atoms with E-state index in [0.717, 1.165) is 19.2 Å². The third kappa shape index (κ3) is 3.18. The predicted octanol–water partition coefficient (Wildman–Crippen LogP) is 3.90. The van der Waals surface area contributed by atoms with Gasteiger partial charge in [-0.15, -0.1) is 0 Å². The van der Waals surface area contributed by atoms with Gasteiger partial charge in [0, 0.05) is 0 Å². The van der Waals surface area contributed by atoms with Crippen molar-refractivity contribution in [1.82, 2.24) is 9.97 Å². The molecule has 0 aliphatic carbocycles. The minimum absolute atomic E-state index is 0.288. The molecule has 0 aliphatic rings. The number of hydrogen-bond donors (Lipinski definition) is 1. The number of nitrogen functional groups attached to an aromatic ring is 1. The normalized spacial score (nSPS) is 10.9. The number of carbonyl (C=O) groups is 1. The lowest BCUT2D eigenvalue weighted by molar-refractivity contribution is 0.0594. The number of anilines is 1. The maximum absolute atomic E-state index is 14.3. The van der Waals surface area contributed by atoms with Crippen molar-refractivity contribution in [3.63, 3.8) is 0 Å². The summed E-state index contributed by atoms with van der Waals surface area (Å²) in [6.07, 6.45) is -3.15. The lowest BCUT2D eigenvalue weighted by atomic mass is 10.1. The molecule has 0 unspecified atom stereocenters. The summed E-state index contributed by atoms with van der Waals surface area (Å²) in [4.78, 5) is 19.0. The molecule has 2 rings (SSSR count). The largest absolute Gasteiger partial charge is 0.464 e. The molecule has 122 valence electrons. The number of nitrogens with two attached hydrogens (primary N) is 1. The molecule has 2 N–H and O–H groups in total. The number of aromatic nitrogens is 2. The Morgan fingerprint density at radius 1 is 1.30 bits per heavy atom. The van der Waals surface area contributed by atoms with E-state index in [2.05, 4.69) is 14.7 Å². The number of nitrogens with zero attached hydrogens (tertiary/aromatic N) is 2. The van der Waals surface area contributed by atoms with Gasteiger partial charge in [0.1, 0.15) is 16.7 Å². The Kier molecular flexibility index (Phi) is 4.96. The number of hydrogen-bond acceptors (Lipinski definition) is 5. The van der Waals surface area contributed by atoms with Gasteiger partial charge in [-0.05, 0) is 12.1 Å². The van der Waals surface area contributed by atoms with Crippen LogP contribution in [0, 0.1) is 5.82 Å². The first-order valence-electron chi connectivity index (χ1n) is 5.95. The highest BCUT2D eigenvalue weighted by atomic mass is 35.5. The quantitative estimate of drug-likeness (QED) is 0.834. The molecule has 1 aromatic carbocycles. The van der Waals surface area contributed by atoms with Crippen LogP contribution in [0.25, 0.3) is 11.4 Å². The van der Waals surface area contributed by atoms with Gasteiger partial charge in [-0.1, -0.05) is 23.2 Å². The fraction of sp³-hybridized carbons (Fsp3) is 0.154. The molecular formula is C13H8Cl2F3N3O2. The molecule has 5 nitrogen and oxygen atoms in total. The Morgan fingerprint density at radius 3 is 2.52 bits per heavy atom. The Hall–Kier alpha value is -2.06. The summed E-state index contributed by atoms with van der Waals surface area (Å²) in [6.45, 7) is 0. The number of ether oxygens (including phenoxy) is 1. The van der Waals surface area contributed by atoms with Gasteiger partial charge in [-0.2, -0.15) is 0 Å². The van der Waals surface area contributed by atoms with E-state index in [1.807, 2.05) is 0 Å². The number of methoxy groups -OCH3 is 1. The Morgan fingerprint density at radius 2 is 1.96 bits per heavy atom. The summed E-state index contributed by atoms with van der Waals surface area (Å²) in [5.41, 5.74) is 3.73. The fourth-order valence-electron chi connectivity index (χ4n) is 1.76. The number of carbonyl (C=O) groups excluding carboxylic acids is 1. The summed E-state index contributed by atoms with van der Waals surface area (Å²) >= 11 is 11.4. The standard InChI is InChI=1S/C13H8Cl2F3N3O2/c1-23-13(22)9-7(15)11(19)21-12(20-9)4-2-3-5(14)6(8(4)16)10(17)18/h2-3,10H,1H3,(H2,19,20,21). The van der Waals surface area contributed by atoms with E-state index in [9.17, 15) is 18.0 Å². The number of esters is 1. The van der Waals surface area contributed by atoms with Crippen LogP contribution in [0.1, 0.15) is 22.5 Å². The Balaban J connectivity index is 2.71. The third-order valence-corrected chi connectivity index (χ3v) is 3.54. The molecule has 0 saturated carbocycles. The predicted molar refractivity (Wildman–Crippen MR) is 78.2 cm³/mol. The average molecular weight is 366 g/mol. The average Bonchev–Trinajstić information content (AvgIpc) is 2.49. The highest BCUT2D eigenvalue weighted by Gasteiger charge is 2.25. The molecule has 23 heavy (non-hydrogen) atoms. The first kappa shape index (κ1) is 17.3. The van der Waals surface area contributed by atoms with Crippen LogP contribution in [-0.2, 0) is 4.74 Å². The van der Waals surface area contributed by atoms with Crippen molar-refractivity contribution in [3.8, 4) is 11.4 Å². The maximum Gasteiger partial charge on any atom is 0.358 e. The van der Waals surface area contributed by atoms with Crippen LogP contribution in [-0.4, -0.2) is 23.0 Å². The summed E-state index contributed by atoms with van der Waals surface area (Å²) < 4.78 is 44.6. The minimum atomic E-state index is -3.15. The lowest BCUT2D eigenvalue weighted by Gasteiger charge is -2.11. The number of halogens is 5. The topological polar surface area (TPSA) is 78.1 Å². The van der Waals surface area contributed by atoms with Gasteiger partial charge in [0.15, 0.2) is 11.5 Å². The molecule has 0 amide bonds. The minimum Gasteiger partial charge on any atom is -0.464 e. The fourth-order valence-corrected chi connectivity index (χ4v) is 2.15. The van der Waals surface area contributed by atoms with Crippen LogP contribution in [0.3, 0.4) is 0 Å². The number of alkyl halides is 2. The Labute approximate surface area is 138 Å². The third-order valence-electron chi connectivity index (χ3n) is 2.84. The van der Waals surface area contributed by atoms with Crippen molar-refractivity contribution in [2.45, 2.75) is 6.43 Å². The van der Waals surface area contributed by atoms with Crippen molar-refractivity contribution in [3.05, 3.63) is 39.3 Å². The van der Waals surface area contributed by atoms with Crippen LogP contribution >= 0.6 is 23.2 Å². The highest BCUT2D eigenvalue weighted by Crippen LogP contribution is 2.35. The van der Waals surface area contributed by atoms with E-state index in [1.54, 1.807) is 0 Å². The Bertz CT molecular complexity index is 788. The van der Waals surface area contributed by atoms with Crippen molar-refractivity contribution < 1.29 is 22.7 Å². The van der Waals surface area contributed by atoms with E-state index in [1.165, 1.54) is 0 Å². The van der Waals surface area contributed by atoms with Gasteiger partial charge in [-0.25, -0.2) is 27.9 Å². The zero-order chi connectivity index (χ0) is 17.3. The highest BCUT2D eigenvalue weighted by molar-refractivity contribution is 6.35. The first-order chi connectivity index (χ1) is 10.8. The van der Waals surface area contributed by atoms with E-state index in [4.69, 9.17) is 28.9 Å². The molecule has 10 heteroatoms. The zero-order valence-corrected chi connectivity index (χ0v) is 12.9. The van der Waals surface area contributed by atoms with Crippen molar-refractivity contribution in [2.24, 2.45) is 0 Å². The van der Waals surface area contributed by atoms with Gasteiger partial charge in [0.05, 0.1) is 23.3 Å². The lowest BCUT2D eigenvalue weighted by Crippen LogP contribution is -2.10. The number of benzene rings is 1. The van der Waals surface area contributed by atoms with Gasteiger partial charge < -0.3 is 10.5 Å². The SMILES string of the molecule is COC(=O)c1nc(-c2ccc(Cl)c(C(F)F)c2F)nc(N)c1Cl. The molecular weight excluding hydrogens is 358 g/mol. The van der Waals surface area contributed by atoms with Crippen molar-refractivity contribution >= 4 is 35.0 Å². The second kappa shape index (κ2) is 6.59. The maximum atomic E-state index is 14.3. The molecule has 0 atom stereocenters. The monoisotopic (exact) mass is 365 g/mol. The molecule has 1 heterocycles. The van der Waals surface area contributed by atoms with E-state index < -0.39 is 45.9 Å². The second-order valence-corrected chi connectivity index (χ2v) is 5.00. The van der Waals surface area contributed by atoms with Crippen molar-refractivity contribution in [1.29, 1.82) is 0 Å². The molecule has 0 radical (unpaired) electrons. The zero-order valence-electron chi connectivity index (χ0n) is 11.4. The van der Waals surface area contributed by atoms with Gasteiger partial charge >= 0.3 is 5.97 Å². The first-order valence-corrected chi connectivity index (χ1v) is 6.71.